The Morgan fingerprint density at radius 2 is 1.64 bits per heavy atom. The Morgan fingerprint density at radius 3 is 2.34 bits per heavy atom. The molecule has 1 aliphatic heterocycles. The van der Waals surface area contributed by atoms with E-state index in [1.54, 1.807) is 19.1 Å². The van der Waals surface area contributed by atoms with Crippen LogP contribution in [0.25, 0.3) is 11.0 Å². The Labute approximate surface area is 258 Å². The van der Waals surface area contributed by atoms with Crippen molar-refractivity contribution in [3.8, 4) is 23.0 Å². The number of amides is 1. The van der Waals surface area contributed by atoms with Gasteiger partial charge in [0.2, 0.25) is 5.76 Å². The summed E-state index contributed by atoms with van der Waals surface area (Å²) in [4.78, 5) is 30.0. The largest absolute Gasteiger partial charge is 0.493 e. The van der Waals surface area contributed by atoms with E-state index < -0.39 is 6.04 Å². The number of ether oxygens (including phenoxy) is 4. The molecular formula is C36H41NO7. The number of rotatable bonds is 12. The fraction of sp³-hybridized carbons (Fsp3) is 0.389. The van der Waals surface area contributed by atoms with Crippen LogP contribution in [0.5, 0.6) is 23.0 Å². The van der Waals surface area contributed by atoms with E-state index in [9.17, 15) is 9.59 Å². The summed E-state index contributed by atoms with van der Waals surface area (Å²) in [5.74, 6) is 2.72. The highest BCUT2D eigenvalue weighted by molar-refractivity contribution is 5.99. The van der Waals surface area contributed by atoms with Gasteiger partial charge in [-0.15, -0.1) is 0 Å². The molecule has 8 heteroatoms. The number of methoxy groups -OCH3 is 2. The van der Waals surface area contributed by atoms with Gasteiger partial charge < -0.3 is 28.3 Å². The summed E-state index contributed by atoms with van der Waals surface area (Å²) >= 11 is 0. The maximum atomic E-state index is 14.2. The third-order valence-corrected chi connectivity index (χ3v) is 8.04. The quantitative estimate of drug-likeness (QED) is 0.173. The molecule has 0 N–H and O–H groups in total. The molecule has 0 spiro atoms. The number of benzene rings is 3. The van der Waals surface area contributed by atoms with E-state index in [-0.39, 0.29) is 17.1 Å². The molecule has 1 atom stereocenters. The fourth-order valence-electron chi connectivity index (χ4n) is 5.86. The van der Waals surface area contributed by atoms with Gasteiger partial charge in [-0.3, -0.25) is 9.59 Å². The summed E-state index contributed by atoms with van der Waals surface area (Å²) in [7, 11) is 3.19. The number of aryl methyl sites for hydroxylation is 2. The molecule has 0 radical (unpaired) electrons. The van der Waals surface area contributed by atoms with Gasteiger partial charge >= 0.3 is 0 Å². The van der Waals surface area contributed by atoms with Crippen molar-refractivity contribution in [1.82, 2.24) is 4.90 Å². The maximum absolute atomic E-state index is 14.2. The zero-order valence-corrected chi connectivity index (χ0v) is 26.6. The van der Waals surface area contributed by atoms with Crippen LogP contribution < -0.4 is 24.4 Å². The second kappa shape index (κ2) is 13.0. The van der Waals surface area contributed by atoms with E-state index in [2.05, 4.69) is 13.8 Å². The number of hydrogen-bond donors (Lipinski definition) is 0. The lowest BCUT2D eigenvalue weighted by molar-refractivity contribution is 0.0729. The topological polar surface area (TPSA) is 87.4 Å². The first-order valence-corrected chi connectivity index (χ1v) is 15.2. The first kappa shape index (κ1) is 31.0. The molecule has 4 aromatic rings. The second-order valence-electron chi connectivity index (χ2n) is 11.6. The lowest BCUT2D eigenvalue weighted by Crippen LogP contribution is -2.31. The highest BCUT2D eigenvalue weighted by Crippen LogP contribution is 2.42. The zero-order chi connectivity index (χ0) is 31.5. The molecule has 44 heavy (non-hydrogen) atoms. The van der Waals surface area contributed by atoms with E-state index in [1.807, 2.05) is 69.3 Å². The van der Waals surface area contributed by atoms with Crippen molar-refractivity contribution >= 4 is 16.9 Å². The van der Waals surface area contributed by atoms with Crippen LogP contribution in [0, 0.1) is 19.8 Å². The Balaban J connectivity index is 1.60. The Morgan fingerprint density at radius 1 is 0.886 bits per heavy atom. The minimum Gasteiger partial charge on any atom is -0.493 e. The molecule has 1 amide bonds. The maximum Gasteiger partial charge on any atom is 0.290 e. The van der Waals surface area contributed by atoms with E-state index in [0.29, 0.717) is 71.6 Å². The zero-order valence-electron chi connectivity index (χ0n) is 26.6. The average Bonchev–Trinajstić information content (AvgIpc) is 3.27. The van der Waals surface area contributed by atoms with Gasteiger partial charge in [0.25, 0.3) is 5.91 Å². The lowest BCUT2D eigenvalue weighted by atomic mass is 9.96. The van der Waals surface area contributed by atoms with Gasteiger partial charge in [0.15, 0.2) is 28.4 Å². The molecule has 232 valence electrons. The number of fused-ring (bicyclic) bond motifs is 2. The first-order valence-electron chi connectivity index (χ1n) is 15.2. The summed E-state index contributed by atoms with van der Waals surface area (Å²) in [5, 5.41) is 0.493. The van der Waals surface area contributed by atoms with Gasteiger partial charge in [0.05, 0.1) is 44.4 Å². The van der Waals surface area contributed by atoms with Crippen LogP contribution in [0.1, 0.15) is 71.6 Å². The summed E-state index contributed by atoms with van der Waals surface area (Å²) in [6.07, 6.45) is 1.44. The second-order valence-corrected chi connectivity index (χ2v) is 11.6. The van der Waals surface area contributed by atoms with E-state index in [0.717, 1.165) is 28.7 Å². The summed E-state index contributed by atoms with van der Waals surface area (Å²) in [5.41, 5.74) is 4.06. The minimum absolute atomic E-state index is 0.0834. The highest BCUT2D eigenvalue weighted by atomic mass is 16.5. The monoisotopic (exact) mass is 599 g/mol. The summed E-state index contributed by atoms with van der Waals surface area (Å²) in [6, 6.07) is 14.5. The van der Waals surface area contributed by atoms with Gasteiger partial charge in [-0.2, -0.15) is 0 Å². The molecular weight excluding hydrogens is 558 g/mol. The molecule has 0 fully saturated rings. The average molecular weight is 600 g/mol. The molecule has 0 bridgehead atoms. The number of carbonyl (C=O) groups is 1. The van der Waals surface area contributed by atoms with Crippen LogP contribution in [-0.4, -0.2) is 44.8 Å². The molecule has 2 heterocycles. The first-order chi connectivity index (χ1) is 21.2. The third kappa shape index (κ3) is 5.98. The van der Waals surface area contributed by atoms with E-state index in [1.165, 1.54) is 0 Å². The molecule has 1 aliphatic rings. The number of carbonyl (C=O) groups excluding carboxylic acids is 1. The lowest BCUT2D eigenvalue weighted by Gasteiger charge is -2.26. The Hall–Kier alpha value is -4.46. The van der Waals surface area contributed by atoms with Gasteiger partial charge in [-0.05, 0) is 92.1 Å². The predicted molar refractivity (Wildman–Crippen MR) is 171 cm³/mol. The SMILES string of the molecule is CCOc1cc(C2c3c(oc4cc(C)cc(C)c4c3=O)C(=O)N2CCc2ccc(OC)c(OC)c2)ccc1OCCC(C)C. The Kier molecular flexibility index (Phi) is 9.18. The third-order valence-electron chi connectivity index (χ3n) is 8.04. The molecule has 0 saturated heterocycles. The standard InChI is InChI=1S/C36H41NO7/c1-8-42-29-20-25(10-12-27(29)43-16-14-21(2)3)33-32-34(38)31-23(5)17-22(4)18-30(31)44-35(32)36(39)37(33)15-13-24-9-11-26(40-6)28(19-24)41-7/h9-12,17-21,33H,8,13-16H2,1-7H3. The molecule has 0 aliphatic carbocycles. The van der Waals surface area contributed by atoms with E-state index >= 15 is 0 Å². The summed E-state index contributed by atoms with van der Waals surface area (Å²) < 4.78 is 29.2. The molecule has 5 rings (SSSR count). The van der Waals surface area contributed by atoms with Crippen molar-refractivity contribution in [1.29, 1.82) is 0 Å². The van der Waals surface area contributed by atoms with Crippen molar-refractivity contribution in [2.75, 3.05) is 34.0 Å². The minimum atomic E-state index is -0.664. The van der Waals surface area contributed by atoms with Crippen LogP contribution in [0.3, 0.4) is 0 Å². The molecule has 1 unspecified atom stereocenters. The van der Waals surface area contributed by atoms with Crippen LogP contribution in [0.15, 0.2) is 57.7 Å². The van der Waals surface area contributed by atoms with Crippen molar-refractivity contribution in [2.45, 2.75) is 53.5 Å². The van der Waals surface area contributed by atoms with Gasteiger partial charge in [-0.1, -0.05) is 32.0 Å². The van der Waals surface area contributed by atoms with E-state index in [4.69, 9.17) is 23.4 Å². The molecule has 3 aromatic carbocycles. The van der Waals surface area contributed by atoms with Gasteiger partial charge in [0, 0.05) is 6.54 Å². The van der Waals surface area contributed by atoms with Gasteiger partial charge in [0.1, 0.15) is 5.58 Å². The predicted octanol–water partition coefficient (Wildman–Crippen LogP) is 7.04. The number of nitrogens with zero attached hydrogens (tertiary/aromatic N) is 1. The highest BCUT2D eigenvalue weighted by Gasteiger charge is 2.43. The summed E-state index contributed by atoms with van der Waals surface area (Å²) in [6.45, 7) is 11.4. The molecule has 0 saturated carbocycles. The smallest absolute Gasteiger partial charge is 0.290 e. The van der Waals surface area contributed by atoms with Gasteiger partial charge in [-0.25, -0.2) is 0 Å². The Bertz CT molecular complexity index is 1740. The van der Waals surface area contributed by atoms with Crippen molar-refractivity contribution in [3.05, 3.63) is 92.3 Å². The number of hydrogen-bond acceptors (Lipinski definition) is 7. The molecule has 1 aromatic heterocycles. The van der Waals surface area contributed by atoms with Crippen LogP contribution in [0.4, 0.5) is 0 Å². The normalized spacial score (nSPS) is 14.3. The van der Waals surface area contributed by atoms with Crippen molar-refractivity contribution in [2.24, 2.45) is 5.92 Å². The molecule has 8 nitrogen and oxygen atoms in total. The van der Waals surface area contributed by atoms with Crippen molar-refractivity contribution < 1.29 is 28.2 Å². The van der Waals surface area contributed by atoms with Crippen LogP contribution in [0.2, 0.25) is 0 Å². The van der Waals surface area contributed by atoms with Crippen molar-refractivity contribution in [3.63, 3.8) is 0 Å². The van der Waals surface area contributed by atoms with Crippen LogP contribution >= 0.6 is 0 Å². The fourth-order valence-corrected chi connectivity index (χ4v) is 5.86. The van der Waals surface area contributed by atoms with Crippen LogP contribution in [-0.2, 0) is 6.42 Å².